The third-order valence-corrected chi connectivity index (χ3v) is 5.37. The van der Waals surface area contributed by atoms with E-state index in [1.165, 1.54) is 4.90 Å². The Morgan fingerprint density at radius 3 is 1.79 bits per heavy atom. The van der Waals surface area contributed by atoms with E-state index in [2.05, 4.69) is 29.2 Å². The summed E-state index contributed by atoms with van der Waals surface area (Å²) in [6.07, 6.45) is -5.80. The van der Waals surface area contributed by atoms with E-state index in [9.17, 15) is 23.1 Å². The molecule has 1 N–H and O–H groups in total. The van der Waals surface area contributed by atoms with Crippen molar-refractivity contribution in [2.75, 3.05) is 26.2 Å². The first-order valence-corrected chi connectivity index (χ1v) is 9.60. The summed E-state index contributed by atoms with van der Waals surface area (Å²) in [4.78, 5) is 16.0. The molecule has 1 heterocycles. The van der Waals surface area contributed by atoms with E-state index in [4.69, 9.17) is 0 Å². The summed E-state index contributed by atoms with van der Waals surface area (Å²) in [7, 11) is 0. The molecule has 0 unspecified atom stereocenters. The Kier molecular flexibility index (Phi) is 6.29. The van der Waals surface area contributed by atoms with Crippen LogP contribution in [0.15, 0.2) is 60.7 Å². The molecule has 1 aliphatic heterocycles. The lowest BCUT2D eigenvalue weighted by molar-refractivity contribution is -0.254. The topological polar surface area (TPSA) is 43.8 Å². The van der Waals surface area contributed by atoms with E-state index >= 15 is 0 Å². The second-order valence-electron chi connectivity index (χ2n) is 7.59. The summed E-state index contributed by atoms with van der Waals surface area (Å²) >= 11 is 0. The van der Waals surface area contributed by atoms with Gasteiger partial charge in [0, 0.05) is 26.2 Å². The zero-order chi connectivity index (χ0) is 21.1. The van der Waals surface area contributed by atoms with Crippen molar-refractivity contribution in [2.45, 2.75) is 31.2 Å². The molecule has 1 fully saturated rings. The minimum absolute atomic E-state index is 0.00735. The average Bonchev–Trinajstić information content (AvgIpc) is 2.69. The summed E-state index contributed by atoms with van der Waals surface area (Å²) < 4.78 is 38.6. The van der Waals surface area contributed by atoms with Gasteiger partial charge in [-0.05, 0) is 18.1 Å². The van der Waals surface area contributed by atoms with Crippen molar-refractivity contribution in [3.05, 3.63) is 71.8 Å². The van der Waals surface area contributed by atoms with Crippen LogP contribution in [0.2, 0.25) is 0 Å². The Morgan fingerprint density at radius 2 is 1.38 bits per heavy atom. The quantitative estimate of drug-likeness (QED) is 0.825. The van der Waals surface area contributed by atoms with Gasteiger partial charge in [-0.25, -0.2) is 0 Å². The molecule has 4 nitrogen and oxygen atoms in total. The lowest BCUT2D eigenvalue weighted by Crippen LogP contribution is -2.53. The molecule has 1 aliphatic rings. The Labute approximate surface area is 168 Å². The molecule has 2 aromatic carbocycles. The molecule has 1 saturated heterocycles. The molecule has 29 heavy (non-hydrogen) atoms. The monoisotopic (exact) mass is 406 g/mol. The van der Waals surface area contributed by atoms with E-state index < -0.39 is 24.1 Å². The maximum absolute atomic E-state index is 12.9. The first-order chi connectivity index (χ1) is 13.7. The van der Waals surface area contributed by atoms with Crippen molar-refractivity contribution in [1.29, 1.82) is 0 Å². The van der Waals surface area contributed by atoms with Crippen LogP contribution in [0.5, 0.6) is 0 Å². The molecular weight excluding hydrogens is 381 g/mol. The fourth-order valence-electron chi connectivity index (χ4n) is 3.62. The van der Waals surface area contributed by atoms with E-state index in [-0.39, 0.29) is 6.04 Å². The number of hydrogen-bond donors (Lipinski definition) is 1. The second kappa shape index (κ2) is 8.55. The third kappa shape index (κ3) is 4.97. The van der Waals surface area contributed by atoms with Gasteiger partial charge in [0.05, 0.1) is 12.5 Å². The molecule has 2 aromatic rings. The minimum atomic E-state index is -4.84. The maximum Gasteiger partial charge on any atom is 0.417 e. The van der Waals surface area contributed by atoms with Crippen molar-refractivity contribution < 1.29 is 23.1 Å². The molecule has 0 spiro atoms. The molecule has 1 amide bonds. The van der Waals surface area contributed by atoms with Crippen LogP contribution < -0.4 is 0 Å². The van der Waals surface area contributed by atoms with Crippen molar-refractivity contribution in [3.63, 3.8) is 0 Å². The Balaban J connectivity index is 1.70. The van der Waals surface area contributed by atoms with Crippen LogP contribution in [0.1, 0.15) is 30.5 Å². The summed E-state index contributed by atoms with van der Waals surface area (Å²) in [6.45, 7) is 2.36. The molecule has 0 saturated carbocycles. The largest absolute Gasteiger partial charge is 0.417 e. The predicted octanol–water partition coefficient (Wildman–Crippen LogP) is 3.62. The number of carbonyl (C=O) groups is 1. The number of alkyl halides is 3. The highest BCUT2D eigenvalue weighted by atomic mass is 19.4. The summed E-state index contributed by atoms with van der Waals surface area (Å²) in [5, 5.41) is 9.61. The van der Waals surface area contributed by atoms with Gasteiger partial charge < -0.3 is 10.0 Å². The maximum atomic E-state index is 12.9. The van der Waals surface area contributed by atoms with E-state index in [0.29, 0.717) is 33.1 Å². The third-order valence-electron chi connectivity index (χ3n) is 5.37. The SMILES string of the molecule is C[C@@](O)(CC(=O)N1CCN(C(c2ccccc2)c2ccccc2)CC1)C(F)(F)F. The van der Waals surface area contributed by atoms with Crippen LogP contribution in [0.25, 0.3) is 0 Å². The number of piperazine rings is 1. The van der Waals surface area contributed by atoms with E-state index in [1.54, 1.807) is 0 Å². The number of halogens is 3. The normalized spacial score (nSPS) is 17.9. The first kappa shape index (κ1) is 21.3. The minimum Gasteiger partial charge on any atom is -0.380 e. The van der Waals surface area contributed by atoms with Gasteiger partial charge in [-0.15, -0.1) is 0 Å². The lowest BCUT2D eigenvalue weighted by Gasteiger charge is -2.40. The zero-order valence-corrected chi connectivity index (χ0v) is 16.3. The Hall–Kier alpha value is -2.38. The second-order valence-corrected chi connectivity index (χ2v) is 7.59. The van der Waals surface area contributed by atoms with E-state index in [0.717, 1.165) is 11.1 Å². The highest BCUT2D eigenvalue weighted by Crippen LogP contribution is 2.34. The fourth-order valence-corrected chi connectivity index (χ4v) is 3.62. The lowest BCUT2D eigenvalue weighted by atomic mass is 9.96. The molecular formula is C22H25F3N2O2. The van der Waals surface area contributed by atoms with E-state index in [1.807, 2.05) is 36.4 Å². The van der Waals surface area contributed by atoms with Crippen LogP contribution >= 0.6 is 0 Å². The summed E-state index contributed by atoms with van der Waals surface area (Å²) in [5.41, 5.74) is -0.769. The van der Waals surface area contributed by atoms with Crippen LogP contribution in [0.3, 0.4) is 0 Å². The molecule has 0 bridgehead atoms. The Morgan fingerprint density at radius 1 is 0.931 bits per heavy atom. The van der Waals surface area contributed by atoms with Crippen molar-refractivity contribution in [3.8, 4) is 0 Å². The fraction of sp³-hybridized carbons (Fsp3) is 0.409. The van der Waals surface area contributed by atoms with Gasteiger partial charge in [-0.3, -0.25) is 9.69 Å². The number of benzene rings is 2. The summed E-state index contributed by atoms with van der Waals surface area (Å²) in [6, 6.07) is 20.0. The standard InChI is InChI=1S/C22H25F3N2O2/c1-21(29,22(23,24)25)16-19(28)26-12-14-27(15-13-26)20(17-8-4-2-5-9-17)18-10-6-3-7-11-18/h2-11,20,29H,12-16H2,1H3/t21-/m1/s1. The molecule has 0 aliphatic carbocycles. The van der Waals surface area contributed by atoms with Crippen LogP contribution in [-0.2, 0) is 4.79 Å². The predicted molar refractivity (Wildman–Crippen MR) is 104 cm³/mol. The van der Waals surface area contributed by atoms with Crippen LogP contribution in [0, 0.1) is 0 Å². The van der Waals surface area contributed by atoms with Crippen LogP contribution in [0.4, 0.5) is 13.2 Å². The number of hydrogen-bond acceptors (Lipinski definition) is 3. The highest BCUT2D eigenvalue weighted by molar-refractivity contribution is 5.77. The zero-order valence-electron chi connectivity index (χ0n) is 16.3. The highest BCUT2D eigenvalue weighted by Gasteiger charge is 2.51. The van der Waals surface area contributed by atoms with Gasteiger partial charge in [0.15, 0.2) is 5.60 Å². The first-order valence-electron chi connectivity index (χ1n) is 9.60. The van der Waals surface area contributed by atoms with Crippen molar-refractivity contribution in [1.82, 2.24) is 9.80 Å². The molecule has 3 rings (SSSR count). The molecule has 0 aromatic heterocycles. The smallest absolute Gasteiger partial charge is 0.380 e. The van der Waals surface area contributed by atoms with Crippen LogP contribution in [-0.4, -0.2) is 58.8 Å². The van der Waals surface area contributed by atoms with Crippen molar-refractivity contribution in [2.24, 2.45) is 0 Å². The number of nitrogens with zero attached hydrogens (tertiary/aromatic N) is 2. The van der Waals surface area contributed by atoms with Gasteiger partial charge in [0.1, 0.15) is 0 Å². The Bertz CT molecular complexity index is 762. The van der Waals surface area contributed by atoms with Gasteiger partial charge in [-0.1, -0.05) is 60.7 Å². The van der Waals surface area contributed by atoms with Gasteiger partial charge in [-0.2, -0.15) is 13.2 Å². The summed E-state index contributed by atoms with van der Waals surface area (Å²) in [5.74, 6) is -0.678. The number of rotatable bonds is 5. The van der Waals surface area contributed by atoms with Gasteiger partial charge >= 0.3 is 6.18 Å². The van der Waals surface area contributed by atoms with Crippen molar-refractivity contribution >= 4 is 5.91 Å². The number of carbonyl (C=O) groups excluding carboxylic acids is 1. The van der Waals surface area contributed by atoms with Gasteiger partial charge in [0.2, 0.25) is 5.91 Å². The molecule has 7 heteroatoms. The van der Waals surface area contributed by atoms with Gasteiger partial charge in [0.25, 0.3) is 0 Å². The molecule has 156 valence electrons. The molecule has 1 atom stereocenters. The number of aliphatic hydroxyl groups is 1. The number of amides is 1. The molecule has 0 radical (unpaired) electrons. The average molecular weight is 406 g/mol.